The molecule has 2 aliphatic heterocycles. The molecule has 2 aliphatic rings. The van der Waals surface area contributed by atoms with Crippen LogP contribution in [0.5, 0.6) is 11.5 Å². The number of nitrogens with one attached hydrogen (secondary N) is 1. The van der Waals surface area contributed by atoms with Crippen LogP contribution >= 0.6 is 24.0 Å². The maximum atomic E-state index is 12.8. The molecule has 140 valence electrons. The zero-order chi connectivity index (χ0) is 17.3. The third-order valence-electron chi connectivity index (χ3n) is 4.71. The number of hydrogen-bond donors (Lipinski definition) is 1. The van der Waals surface area contributed by atoms with Crippen LogP contribution in [-0.2, 0) is 0 Å². The maximum absolute atomic E-state index is 12.8. The molecule has 0 spiro atoms. The monoisotopic (exact) mass is 388 g/mol. The topological polar surface area (TPSA) is 50.8 Å². The fourth-order valence-electron chi connectivity index (χ4n) is 3.44. The van der Waals surface area contributed by atoms with Crippen LogP contribution in [0.1, 0.15) is 24.2 Å². The van der Waals surface area contributed by atoms with Gasteiger partial charge in [-0.2, -0.15) is 0 Å². The zero-order valence-electron chi connectivity index (χ0n) is 14.9. The van der Waals surface area contributed by atoms with Gasteiger partial charge in [-0.05, 0) is 29.9 Å². The lowest BCUT2D eigenvalue weighted by atomic mass is 10.0. The summed E-state index contributed by atoms with van der Waals surface area (Å²) in [4.78, 5) is 14.8. The van der Waals surface area contributed by atoms with E-state index in [1.54, 1.807) is 19.2 Å². The summed E-state index contributed by atoms with van der Waals surface area (Å²) in [5.41, 5.74) is 0.557. The molecule has 7 heteroatoms. The molecule has 2 saturated heterocycles. The van der Waals surface area contributed by atoms with E-state index in [0.717, 1.165) is 26.2 Å². The normalized spacial score (nSPS) is 21.9. The van der Waals surface area contributed by atoms with Crippen LogP contribution < -0.4 is 14.8 Å². The summed E-state index contributed by atoms with van der Waals surface area (Å²) < 4.78 is 11.1. The lowest BCUT2D eigenvalue weighted by Crippen LogP contribution is -2.31. The van der Waals surface area contributed by atoms with Gasteiger partial charge in [-0.15, -0.1) is 12.4 Å². The number of amides is 1. The van der Waals surface area contributed by atoms with Crippen LogP contribution in [0.25, 0.3) is 0 Å². The van der Waals surface area contributed by atoms with Gasteiger partial charge in [0.1, 0.15) is 0 Å². The summed E-state index contributed by atoms with van der Waals surface area (Å²) in [6, 6.07) is 3.42. The van der Waals surface area contributed by atoms with Crippen molar-refractivity contribution in [2.24, 2.45) is 17.8 Å². The van der Waals surface area contributed by atoms with E-state index >= 15 is 0 Å². The van der Waals surface area contributed by atoms with Crippen molar-refractivity contribution in [1.82, 2.24) is 10.2 Å². The first-order chi connectivity index (χ1) is 11.5. The summed E-state index contributed by atoms with van der Waals surface area (Å²) in [6.45, 7) is 8.30. The van der Waals surface area contributed by atoms with Gasteiger partial charge in [0.2, 0.25) is 0 Å². The molecule has 1 N–H and O–H groups in total. The molecule has 0 bridgehead atoms. The van der Waals surface area contributed by atoms with Crippen LogP contribution in [0.3, 0.4) is 0 Å². The first-order valence-corrected chi connectivity index (χ1v) is 8.87. The number of benzene rings is 1. The Kier molecular flexibility index (Phi) is 6.83. The molecule has 1 aromatic rings. The Balaban J connectivity index is 0.00000225. The number of hydrogen-bond acceptors (Lipinski definition) is 4. The van der Waals surface area contributed by atoms with E-state index in [1.807, 2.05) is 4.90 Å². The number of nitrogens with zero attached hydrogens (tertiary/aromatic N) is 1. The molecule has 0 radical (unpaired) electrons. The number of methoxy groups -OCH3 is 1. The van der Waals surface area contributed by atoms with Crippen molar-refractivity contribution in [3.8, 4) is 11.5 Å². The predicted octanol–water partition coefficient (Wildman–Crippen LogP) is 3.10. The molecule has 0 aromatic heterocycles. The first-order valence-electron chi connectivity index (χ1n) is 8.50. The number of ether oxygens (including phenoxy) is 2. The zero-order valence-corrected chi connectivity index (χ0v) is 16.5. The van der Waals surface area contributed by atoms with Gasteiger partial charge in [-0.3, -0.25) is 4.79 Å². The molecule has 5 nitrogen and oxygen atoms in total. The minimum absolute atomic E-state index is 0. The lowest BCUT2D eigenvalue weighted by molar-refractivity contribution is 0.0781. The highest BCUT2D eigenvalue weighted by atomic mass is 35.5. The molecule has 1 aromatic carbocycles. The van der Waals surface area contributed by atoms with Crippen molar-refractivity contribution in [1.29, 1.82) is 0 Å². The first kappa shape index (κ1) is 20.1. The third kappa shape index (κ3) is 4.33. The second-order valence-electron chi connectivity index (χ2n) is 7.08. The molecule has 3 rings (SSSR count). The highest BCUT2D eigenvalue weighted by Gasteiger charge is 2.38. The summed E-state index contributed by atoms with van der Waals surface area (Å²) in [5.74, 6) is 2.55. The summed E-state index contributed by atoms with van der Waals surface area (Å²) in [6.07, 6.45) is 0. The third-order valence-corrected chi connectivity index (χ3v) is 4.99. The van der Waals surface area contributed by atoms with Crippen molar-refractivity contribution < 1.29 is 14.3 Å². The maximum Gasteiger partial charge on any atom is 0.254 e. The van der Waals surface area contributed by atoms with Gasteiger partial charge in [0.15, 0.2) is 11.5 Å². The number of rotatable bonds is 5. The average Bonchev–Trinajstić information content (AvgIpc) is 3.13. The number of likely N-dealkylation sites (tertiary alicyclic amines) is 1. The highest BCUT2D eigenvalue weighted by molar-refractivity contribution is 6.32. The highest BCUT2D eigenvalue weighted by Crippen LogP contribution is 2.37. The van der Waals surface area contributed by atoms with E-state index in [-0.39, 0.29) is 18.3 Å². The largest absolute Gasteiger partial charge is 0.493 e. The molecule has 2 heterocycles. The summed E-state index contributed by atoms with van der Waals surface area (Å²) >= 11 is 6.36. The van der Waals surface area contributed by atoms with Gasteiger partial charge in [-0.1, -0.05) is 25.4 Å². The van der Waals surface area contributed by atoms with Crippen molar-refractivity contribution in [3.05, 3.63) is 22.7 Å². The fourth-order valence-corrected chi connectivity index (χ4v) is 3.70. The van der Waals surface area contributed by atoms with Gasteiger partial charge in [0.25, 0.3) is 5.91 Å². The smallest absolute Gasteiger partial charge is 0.254 e. The Labute approximate surface area is 160 Å². The van der Waals surface area contributed by atoms with E-state index < -0.39 is 0 Å². The molecule has 25 heavy (non-hydrogen) atoms. The molecule has 0 saturated carbocycles. The average molecular weight is 389 g/mol. The SMILES string of the molecule is COc1cc(C(=O)N2C[C@H]3CNC[C@H]3C2)cc(Cl)c1OCC(C)C.Cl. The molecular formula is C18H26Cl2N2O3. The minimum Gasteiger partial charge on any atom is -0.493 e. The second kappa shape index (κ2) is 8.47. The standard InChI is InChI=1S/C18H25ClN2O3.ClH/c1-11(2)10-24-17-15(19)4-12(5-16(17)23-3)18(22)21-8-13-6-20-7-14(13)9-21;/h4-5,11,13-14,20H,6-10H2,1-3H3;1H/t13-,14+;. The molecule has 1 amide bonds. The lowest BCUT2D eigenvalue weighted by Gasteiger charge is -2.19. The van der Waals surface area contributed by atoms with Gasteiger partial charge in [0.05, 0.1) is 18.7 Å². The summed E-state index contributed by atoms with van der Waals surface area (Å²) in [7, 11) is 1.56. The van der Waals surface area contributed by atoms with E-state index in [0.29, 0.717) is 46.4 Å². The van der Waals surface area contributed by atoms with Crippen molar-refractivity contribution >= 4 is 29.9 Å². The predicted molar refractivity (Wildman–Crippen MR) is 101 cm³/mol. The number of halogens is 2. The van der Waals surface area contributed by atoms with Gasteiger partial charge in [0, 0.05) is 31.7 Å². The molecule has 0 unspecified atom stereocenters. The van der Waals surface area contributed by atoms with E-state index in [1.165, 1.54) is 0 Å². The van der Waals surface area contributed by atoms with Crippen LogP contribution in [0.15, 0.2) is 12.1 Å². The Morgan fingerprint density at radius 3 is 2.52 bits per heavy atom. The van der Waals surface area contributed by atoms with Crippen LogP contribution in [0.4, 0.5) is 0 Å². The van der Waals surface area contributed by atoms with Crippen LogP contribution in [0, 0.1) is 17.8 Å². The molecular weight excluding hydrogens is 363 g/mol. The molecule has 0 aliphatic carbocycles. The van der Waals surface area contributed by atoms with E-state index in [9.17, 15) is 4.79 Å². The van der Waals surface area contributed by atoms with E-state index in [2.05, 4.69) is 19.2 Å². The quantitative estimate of drug-likeness (QED) is 0.841. The fraction of sp³-hybridized carbons (Fsp3) is 0.611. The van der Waals surface area contributed by atoms with Gasteiger partial charge >= 0.3 is 0 Å². The summed E-state index contributed by atoms with van der Waals surface area (Å²) in [5, 5.41) is 3.80. The van der Waals surface area contributed by atoms with Crippen molar-refractivity contribution in [2.75, 3.05) is 39.9 Å². The molecule has 2 fully saturated rings. The van der Waals surface area contributed by atoms with E-state index in [4.69, 9.17) is 21.1 Å². The van der Waals surface area contributed by atoms with Crippen LogP contribution in [0.2, 0.25) is 5.02 Å². The Morgan fingerprint density at radius 2 is 1.96 bits per heavy atom. The van der Waals surface area contributed by atoms with Gasteiger partial charge < -0.3 is 19.7 Å². The minimum atomic E-state index is 0. The van der Waals surface area contributed by atoms with Gasteiger partial charge in [-0.25, -0.2) is 0 Å². The second-order valence-corrected chi connectivity index (χ2v) is 7.49. The number of carbonyl (C=O) groups excluding carboxylic acids is 1. The Bertz CT molecular complexity index is 613. The van der Waals surface area contributed by atoms with Crippen molar-refractivity contribution in [2.45, 2.75) is 13.8 Å². The number of fused-ring (bicyclic) bond motifs is 1. The van der Waals surface area contributed by atoms with Crippen molar-refractivity contribution in [3.63, 3.8) is 0 Å². The Hall–Kier alpha value is -1.17. The number of carbonyl (C=O) groups is 1. The van der Waals surface area contributed by atoms with Crippen LogP contribution in [-0.4, -0.2) is 50.7 Å². The Morgan fingerprint density at radius 1 is 1.32 bits per heavy atom. The molecule has 2 atom stereocenters.